The molecule has 4 nitrogen and oxygen atoms in total. The molecular formula is C7H12ClNO3. The van der Waals surface area contributed by atoms with Gasteiger partial charge in [0.2, 0.25) is 0 Å². The third kappa shape index (κ3) is 2.97. The highest BCUT2D eigenvalue weighted by molar-refractivity contribution is 6.61. The summed E-state index contributed by atoms with van der Waals surface area (Å²) in [5.74, 6) is 0. The van der Waals surface area contributed by atoms with Gasteiger partial charge in [0, 0.05) is 24.7 Å². The molecule has 1 heterocycles. The van der Waals surface area contributed by atoms with Crippen molar-refractivity contribution in [1.82, 2.24) is 4.90 Å². The quantitative estimate of drug-likeness (QED) is 0.615. The summed E-state index contributed by atoms with van der Waals surface area (Å²) in [4.78, 5) is 12.4. The first-order valence-electron chi connectivity index (χ1n) is 3.88. The molecule has 0 N–H and O–H groups in total. The zero-order valence-electron chi connectivity index (χ0n) is 6.96. The molecule has 0 aromatic heterocycles. The van der Waals surface area contributed by atoms with Crippen molar-refractivity contribution in [3.63, 3.8) is 0 Å². The third-order valence-electron chi connectivity index (χ3n) is 1.82. The number of hydrogen-bond acceptors (Lipinski definition) is 4. The highest BCUT2D eigenvalue weighted by Crippen LogP contribution is 2.06. The maximum Gasteiger partial charge on any atom is 0.405 e. The Balaban J connectivity index is 2.29. The van der Waals surface area contributed by atoms with Gasteiger partial charge in [-0.25, -0.2) is 4.79 Å². The fourth-order valence-electron chi connectivity index (χ4n) is 1.15. The lowest BCUT2D eigenvalue weighted by atomic mass is 10.4. The molecule has 12 heavy (non-hydrogen) atoms. The Labute approximate surface area is 76.4 Å². The van der Waals surface area contributed by atoms with Crippen LogP contribution in [-0.2, 0) is 9.47 Å². The van der Waals surface area contributed by atoms with Crippen LogP contribution in [-0.4, -0.2) is 42.9 Å². The smallest absolute Gasteiger partial charge is 0.405 e. The van der Waals surface area contributed by atoms with Crippen molar-refractivity contribution in [2.45, 2.75) is 13.2 Å². The van der Waals surface area contributed by atoms with Crippen molar-refractivity contribution in [1.29, 1.82) is 0 Å². The van der Waals surface area contributed by atoms with Crippen LogP contribution in [0.25, 0.3) is 0 Å². The Bertz CT molecular complexity index is 159. The highest BCUT2D eigenvalue weighted by atomic mass is 35.5. The van der Waals surface area contributed by atoms with Crippen LogP contribution in [0.1, 0.15) is 6.92 Å². The maximum atomic E-state index is 10.4. The van der Waals surface area contributed by atoms with E-state index in [4.69, 9.17) is 21.1 Å². The van der Waals surface area contributed by atoms with Gasteiger partial charge in [0.1, 0.15) is 0 Å². The van der Waals surface area contributed by atoms with Gasteiger partial charge < -0.3 is 9.47 Å². The number of carbonyl (C=O) groups is 1. The topological polar surface area (TPSA) is 38.8 Å². The molecule has 1 atom stereocenters. The molecule has 0 aromatic carbocycles. The molecule has 0 radical (unpaired) electrons. The van der Waals surface area contributed by atoms with Gasteiger partial charge in [0.05, 0.1) is 13.2 Å². The first kappa shape index (κ1) is 9.77. The Morgan fingerprint density at radius 3 is 2.67 bits per heavy atom. The second-order valence-electron chi connectivity index (χ2n) is 2.60. The Hall–Kier alpha value is -0.320. The number of carbonyl (C=O) groups excluding carboxylic acids is 1. The van der Waals surface area contributed by atoms with Crippen molar-refractivity contribution in [2.75, 3.05) is 26.3 Å². The summed E-state index contributed by atoms with van der Waals surface area (Å²) in [5, 5.41) is 0. The fourth-order valence-corrected chi connectivity index (χ4v) is 1.28. The van der Waals surface area contributed by atoms with Crippen molar-refractivity contribution in [2.24, 2.45) is 0 Å². The van der Waals surface area contributed by atoms with Crippen molar-refractivity contribution < 1.29 is 14.3 Å². The molecular weight excluding hydrogens is 182 g/mol. The molecule has 0 amide bonds. The normalized spacial score (nSPS) is 21.8. The fraction of sp³-hybridized carbons (Fsp3) is 0.857. The first-order valence-corrected chi connectivity index (χ1v) is 4.26. The van der Waals surface area contributed by atoms with Crippen LogP contribution < -0.4 is 0 Å². The van der Waals surface area contributed by atoms with Crippen LogP contribution in [0.4, 0.5) is 4.79 Å². The van der Waals surface area contributed by atoms with Gasteiger partial charge in [-0.1, -0.05) is 0 Å². The molecule has 0 bridgehead atoms. The number of morpholine rings is 1. The second-order valence-corrected chi connectivity index (χ2v) is 2.91. The van der Waals surface area contributed by atoms with Crippen LogP contribution in [0.2, 0.25) is 0 Å². The minimum absolute atomic E-state index is 0.251. The molecule has 0 aromatic rings. The number of ether oxygens (including phenoxy) is 2. The van der Waals surface area contributed by atoms with Crippen molar-refractivity contribution >= 4 is 17.0 Å². The molecule has 5 heteroatoms. The van der Waals surface area contributed by atoms with E-state index in [1.165, 1.54) is 0 Å². The zero-order chi connectivity index (χ0) is 8.97. The lowest BCUT2D eigenvalue weighted by Gasteiger charge is -2.30. The van der Waals surface area contributed by atoms with Crippen LogP contribution in [0, 0.1) is 0 Å². The van der Waals surface area contributed by atoms with E-state index >= 15 is 0 Å². The summed E-state index contributed by atoms with van der Waals surface area (Å²) in [6, 6.07) is 0. The Morgan fingerprint density at radius 1 is 1.58 bits per heavy atom. The molecule has 1 unspecified atom stereocenters. The van der Waals surface area contributed by atoms with Crippen LogP contribution >= 0.6 is 11.6 Å². The monoisotopic (exact) mass is 193 g/mol. The molecule has 1 aliphatic heterocycles. The van der Waals surface area contributed by atoms with E-state index < -0.39 is 5.43 Å². The molecule has 0 spiro atoms. The molecule has 1 aliphatic rings. The largest absolute Gasteiger partial charge is 0.435 e. The van der Waals surface area contributed by atoms with Crippen molar-refractivity contribution in [3.05, 3.63) is 0 Å². The van der Waals surface area contributed by atoms with Crippen molar-refractivity contribution in [3.8, 4) is 0 Å². The molecule has 1 fully saturated rings. The van der Waals surface area contributed by atoms with Gasteiger partial charge in [-0.15, -0.1) is 0 Å². The summed E-state index contributed by atoms with van der Waals surface area (Å²) in [7, 11) is 0. The van der Waals surface area contributed by atoms with E-state index in [9.17, 15) is 4.79 Å². The van der Waals surface area contributed by atoms with Crippen LogP contribution in [0.15, 0.2) is 0 Å². The molecule has 0 saturated carbocycles. The number of halogens is 1. The van der Waals surface area contributed by atoms with E-state index in [0.717, 1.165) is 13.1 Å². The standard InChI is InChI=1S/C7H12ClNO3/c1-6(12-7(8)10)9-2-4-11-5-3-9/h6H,2-5H2,1H3. The minimum Gasteiger partial charge on any atom is -0.435 e. The average Bonchev–Trinajstić information content (AvgIpc) is 2.05. The SMILES string of the molecule is CC(OC(=O)Cl)N1CCOCC1. The molecule has 1 rings (SSSR count). The van der Waals surface area contributed by atoms with Gasteiger partial charge in [-0.2, -0.15) is 0 Å². The van der Waals surface area contributed by atoms with Gasteiger partial charge in [-0.05, 0) is 6.92 Å². The van der Waals surface area contributed by atoms with E-state index in [1.54, 1.807) is 6.92 Å². The van der Waals surface area contributed by atoms with E-state index in [-0.39, 0.29) is 6.23 Å². The number of rotatable bonds is 2. The summed E-state index contributed by atoms with van der Waals surface area (Å²) in [5.41, 5.74) is -0.756. The number of hydrogen-bond donors (Lipinski definition) is 0. The minimum atomic E-state index is -0.756. The Kier molecular flexibility index (Phi) is 3.78. The first-order chi connectivity index (χ1) is 5.70. The van der Waals surface area contributed by atoms with Gasteiger partial charge in [-0.3, -0.25) is 4.90 Å². The van der Waals surface area contributed by atoms with Gasteiger partial charge in [0.15, 0.2) is 6.23 Å². The van der Waals surface area contributed by atoms with Gasteiger partial charge >= 0.3 is 5.43 Å². The second kappa shape index (κ2) is 4.64. The zero-order valence-corrected chi connectivity index (χ0v) is 7.71. The predicted molar refractivity (Wildman–Crippen MR) is 44.2 cm³/mol. The lowest BCUT2D eigenvalue weighted by Crippen LogP contribution is -2.43. The lowest BCUT2D eigenvalue weighted by molar-refractivity contribution is -0.0499. The highest BCUT2D eigenvalue weighted by Gasteiger charge is 2.18. The van der Waals surface area contributed by atoms with E-state index in [1.807, 2.05) is 4.90 Å². The average molecular weight is 194 g/mol. The summed E-state index contributed by atoms with van der Waals surface area (Å²) in [6.45, 7) is 4.73. The van der Waals surface area contributed by atoms with Gasteiger partial charge in [0.25, 0.3) is 0 Å². The van der Waals surface area contributed by atoms with E-state index in [2.05, 4.69) is 0 Å². The third-order valence-corrected chi connectivity index (χ3v) is 1.91. The Morgan fingerprint density at radius 2 is 2.17 bits per heavy atom. The summed E-state index contributed by atoms with van der Waals surface area (Å²) in [6.07, 6.45) is -0.251. The predicted octanol–water partition coefficient (Wildman–Crippen LogP) is 1.04. The number of nitrogens with zero attached hydrogens (tertiary/aromatic N) is 1. The summed E-state index contributed by atoms with van der Waals surface area (Å²) >= 11 is 5.07. The summed E-state index contributed by atoms with van der Waals surface area (Å²) < 4.78 is 9.93. The molecule has 70 valence electrons. The van der Waals surface area contributed by atoms with Crippen LogP contribution in [0.5, 0.6) is 0 Å². The van der Waals surface area contributed by atoms with E-state index in [0.29, 0.717) is 13.2 Å². The maximum absolute atomic E-state index is 10.4. The molecule has 0 aliphatic carbocycles. The van der Waals surface area contributed by atoms with Crippen LogP contribution in [0.3, 0.4) is 0 Å². The molecule has 1 saturated heterocycles.